The summed E-state index contributed by atoms with van der Waals surface area (Å²) in [5, 5.41) is 13.0. The molecule has 0 saturated heterocycles. The van der Waals surface area contributed by atoms with Gasteiger partial charge in [0.05, 0.1) is 16.5 Å². The Bertz CT molecular complexity index is 1300. The summed E-state index contributed by atoms with van der Waals surface area (Å²) in [4.78, 5) is 17.6. The molecule has 4 nitrogen and oxygen atoms in total. The molecule has 1 N–H and O–H groups in total. The monoisotopic (exact) mass is 513 g/mol. The lowest BCUT2D eigenvalue weighted by atomic mass is 9.99. The molecule has 1 aromatic heterocycles. The van der Waals surface area contributed by atoms with Gasteiger partial charge in [-0.1, -0.05) is 88.4 Å². The maximum atomic E-state index is 12.8. The van der Waals surface area contributed by atoms with Crippen LogP contribution in [0.25, 0.3) is 22.4 Å². The Morgan fingerprint density at radius 1 is 0.970 bits per heavy atom. The zero-order valence-corrected chi connectivity index (χ0v) is 20.2. The van der Waals surface area contributed by atoms with Gasteiger partial charge in [0.1, 0.15) is 11.1 Å². The molecule has 0 unspecified atom stereocenters. The number of carbonyl (C=O) groups is 1. The first-order valence-corrected chi connectivity index (χ1v) is 12.0. The summed E-state index contributed by atoms with van der Waals surface area (Å²) in [5.41, 5.74) is 4.60. The lowest BCUT2D eigenvalue weighted by Gasteiger charge is -2.16. The maximum absolute atomic E-state index is 12.8. The second kappa shape index (κ2) is 10.5. The van der Waals surface area contributed by atoms with Crippen molar-refractivity contribution in [2.75, 3.05) is 5.32 Å². The van der Waals surface area contributed by atoms with Crippen LogP contribution in [0.1, 0.15) is 12.5 Å². The van der Waals surface area contributed by atoms with E-state index in [9.17, 15) is 10.1 Å². The van der Waals surface area contributed by atoms with E-state index in [4.69, 9.17) is 4.98 Å². The van der Waals surface area contributed by atoms with Crippen LogP contribution in [-0.4, -0.2) is 16.1 Å². The van der Waals surface area contributed by atoms with Crippen molar-refractivity contribution in [3.63, 3.8) is 0 Å². The predicted octanol–water partition coefficient (Wildman–Crippen LogP) is 7.17. The maximum Gasteiger partial charge on any atom is 0.237 e. The Kier molecular flexibility index (Phi) is 7.23. The highest BCUT2D eigenvalue weighted by Gasteiger charge is 2.21. The number of nitrogens with zero attached hydrogens (tertiary/aromatic N) is 2. The molecule has 3 aromatic carbocycles. The van der Waals surface area contributed by atoms with Crippen molar-refractivity contribution in [1.82, 2.24) is 4.98 Å². The van der Waals surface area contributed by atoms with Crippen LogP contribution >= 0.6 is 27.7 Å². The Morgan fingerprint density at radius 2 is 1.61 bits per heavy atom. The number of halogens is 1. The first kappa shape index (κ1) is 22.8. The molecule has 0 aliphatic heterocycles. The molecule has 0 aliphatic carbocycles. The minimum atomic E-state index is -0.450. The number of aromatic nitrogens is 1. The number of pyridine rings is 1. The van der Waals surface area contributed by atoms with E-state index in [2.05, 4.69) is 27.3 Å². The molecule has 0 radical (unpaired) electrons. The third-order valence-corrected chi connectivity index (χ3v) is 6.64. The lowest BCUT2D eigenvalue weighted by Crippen LogP contribution is -2.22. The van der Waals surface area contributed by atoms with Gasteiger partial charge in [-0.3, -0.25) is 4.79 Å². The van der Waals surface area contributed by atoms with Crippen molar-refractivity contribution in [3.05, 3.63) is 101 Å². The topological polar surface area (TPSA) is 65.8 Å². The van der Waals surface area contributed by atoms with Crippen LogP contribution in [0.3, 0.4) is 0 Å². The molecule has 6 heteroatoms. The smallest absolute Gasteiger partial charge is 0.237 e. The minimum Gasteiger partial charge on any atom is -0.325 e. The highest BCUT2D eigenvalue weighted by atomic mass is 79.9. The number of nitriles is 1. The summed E-state index contributed by atoms with van der Waals surface area (Å²) in [6.07, 6.45) is 0. The molecular formula is C27H20BrN3OS. The van der Waals surface area contributed by atoms with E-state index in [1.165, 1.54) is 11.8 Å². The van der Waals surface area contributed by atoms with Crippen molar-refractivity contribution in [2.24, 2.45) is 0 Å². The van der Waals surface area contributed by atoms with Gasteiger partial charge in [0.15, 0.2) is 0 Å². The fourth-order valence-corrected chi connectivity index (χ4v) is 4.50. The van der Waals surface area contributed by atoms with Crippen LogP contribution in [0, 0.1) is 11.3 Å². The molecule has 0 bridgehead atoms. The summed E-state index contributed by atoms with van der Waals surface area (Å²) in [6.45, 7) is 1.82. The zero-order valence-electron chi connectivity index (χ0n) is 17.8. The Labute approximate surface area is 205 Å². The molecule has 0 aliphatic rings. The fourth-order valence-electron chi connectivity index (χ4n) is 3.32. The van der Waals surface area contributed by atoms with Crippen LogP contribution in [-0.2, 0) is 4.79 Å². The van der Waals surface area contributed by atoms with Crippen LogP contribution in [0.2, 0.25) is 0 Å². The number of nitrogens with one attached hydrogen (secondary N) is 1. The van der Waals surface area contributed by atoms with Gasteiger partial charge in [-0.2, -0.15) is 5.26 Å². The van der Waals surface area contributed by atoms with Gasteiger partial charge in [-0.05, 0) is 42.8 Å². The summed E-state index contributed by atoms with van der Waals surface area (Å²) < 4.78 is 0.976. The minimum absolute atomic E-state index is 0.146. The number of carbonyl (C=O) groups excluding carboxylic acids is 1. The second-order valence-electron chi connectivity index (χ2n) is 7.34. The Hall–Kier alpha value is -3.40. The summed E-state index contributed by atoms with van der Waals surface area (Å²) in [5.74, 6) is -0.146. The van der Waals surface area contributed by atoms with E-state index in [0.29, 0.717) is 10.6 Å². The molecule has 4 rings (SSSR count). The summed E-state index contributed by atoms with van der Waals surface area (Å²) in [6, 6.07) is 31.2. The number of hydrogen-bond acceptors (Lipinski definition) is 4. The molecule has 33 heavy (non-hydrogen) atoms. The number of thioether (sulfide) groups is 1. The molecule has 0 fully saturated rings. The number of anilines is 1. The normalized spacial score (nSPS) is 11.4. The average Bonchev–Trinajstić information content (AvgIpc) is 2.85. The number of rotatable bonds is 6. The number of hydrogen-bond donors (Lipinski definition) is 1. The van der Waals surface area contributed by atoms with Crippen molar-refractivity contribution in [1.29, 1.82) is 5.26 Å². The summed E-state index contributed by atoms with van der Waals surface area (Å²) >= 11 is 4.76. The molecule has 1 atom stereocenters. The van der Waals surface area contributed by atoms with E-state index in [1.54, 1.807) is 0 Å². The van der Waals surface area contributed by atoms with E-state index < -0.39 is 5.25 Å². The third-order valence-electron chi connectivity index (χ3n) is 5.02. The second-order valence-corrected chi connectivity index (χ2v) is 9.58. The van der Waals surface area contributed by atoms with Gasteiger partial charge in [-0.15, -0.1) is 0 Å². The zero-order chi connectivity index (χ0) is 23.2. The van der Waals surface area contributed by atoms with Gasteiger partial charge < -0.3 is 5.32 Å². The van der Waals surface area contributed by atoms with Gasteiger partial charge in [0.25, 0.3) is 0 Å². The van der Waals surface area contributed by atoms with Crippen LogP contribution < -0.4 is 5.32 Å². The van der Waals surface area contributed by atoms with Gasteiger partial charge in [0.2, 0.25) is 5.91 Å². The van der Waals surface area contributed by atoms with Crippen molar-refractivity contribution < 1.29 is 4.79 Å². The average molecular weight is 514 g/mol. The fraction of sp³-hybridized carbons (Fsp3) is 0.0741. The number of para-hydroxylation sites is 1. The van der Waals surface area contributed by atoms with E-state index >= 15 is 0 Å². The Balaban J connectivity index is 1.74. The molecule has 0 saturated carbocycles. The largest absolute Gasteiger partial charge is 0.325 e. The first-order chi connectivity index (χ1) is 16.0. The third kappa shape index (κ3) is 5.51. The number of benzene rings is 3. The van der Waals surface area contributed by atoms with Gasteiger partial charge >= 0.3 is 0 Å². The van der Waals surface area contributed by atoms with Crippen molar-refractivity contribution in [2.45, 2.75) is 17.2 Å². The standard InChI is InChI=1S/C27H20BrN3OS/c1-18(26(32)30-22-10-6-3-7-11-22)33-27-24(17-29)23(19-8-4-2-5-9-19)16-25(31-27)20-12-14-21(28)15-13-20/h2-16,18H,1H3,(H,30,32)/t18-/m0/s1. The van der Waals surface area contributed by atoms with E-state index in [0.717, 1.165) is 32.5 Å². The Morgan fingerprint density at radius 3 is 2.24 bits per heavy atom. The SMILES string of the molecule is C[C@H](Sc1nc(-c2ccc(Br)cc2)cc(-c2ccccc2)c1C#N)C(=O)Nc1ccccc1. The highest BCUT2D eigenvalue weighted by Crippen LogP contribution is 2.36. The molecule has 162 valence electrons. The van der Waals surface area contributed by atoms with Crippen LogP contribution in [0.5, 0.6) is 0 Å². The molecular weight excluding hydrogens is 494 g/mol. The van der Waals surface area contributed by atoms with E-state index in [-0.39, 0.29) is 5.91 Å². The quantitative estimate of drug-likeness (QED) is 0.277. The lowest BCUT2D eigenvalue weighted by molar-refractivity contribution is -0.115. The van der Waals surface area contributed by atoms with Crippen LogP contribution in [0.15, 0.2) is 100 Å². The summed E-state index contributed by atoms with van der Waals surface area (Å²) in [7, 11) is 0. The molecule has 1 amide bonds. The van der Waals surface area contributed by atoms with Crippen molar-refractivity contribution >= 4 is 39.3 Å². The molecule has 1 heterocycles. The van der Waals surface area contributed by atoms with E-state index in [1.807, 2.05) is 97.9 Å². The van der Waals surface area contributed by atoms with Crippen LogP contribution in [0.4, 0.5) is 5.69 Å². The number of amides is 1. The molecule has 0 spiro atoms. The van der Waals surface area contributed by atoms with Gasteiger partial charge in [-0.25, -0.2) is 4.98 Å². The molecule has 4 aromatic rings. The highest BCUT2D eigenvalue weighted by molar-refractivity contribution is 9.10. The predicted molar refractivity (Wildman–Crippen MR) is 138 cm³/mol. The first-order valence-electron chi connectivity index (χ1n) is 10.3. The van der Waals surface area contributed by atoms with Crippen molar-refractivity contribution in [3.8, 4) is 28.5 Å². The van der Waals surface area contributed by atoms with Gasteiger partial charge in [0, 0.05) is 21.3 Å².